The second kappa shape index (κ2) is 5.81. The van der Waals surface area contributed by atoms with Crippen LogP contribution in [0.4, 0.5) is 0 Å². The third-order valence-corrected chi connectivity index (χ3v) is 3.48. The lowest BCUT2D eigenvalue weighted by molar-refractivity contribution is -0.143. The van der Waals surface area contributed by atoms with Gasteiger partial charge in [-0.3, -0.25) is 4.79 Å². The number of hydrogen-bond donors (Lipinski definition) is 0. The Morgan fingerprint density at radius 2 is 2.07 bits per heavy atom. The topological polar surface area (TPSA) is 50.1 Å². The zero-order valence-electron chi connectivity index (χ0n) is 9.46. The van der Waals surface area contributed by atoms with Crippen molar-refractivity contribution in [3.05, 3.63) is 0 Å². The Morgan fingerprint density at radius 3 is 2.43 bits per heavy atom. The molecule has 0 radical (unpaired) electrons. The van der Waals surface area contributed by atoms with Gasteiger partial charge in [-0.05, 0) is 13.0 Å². The fourth-order valence-corrected chi connectivity index (χ4v) is 3.04. The van der Waals surface area contributed by atoms with Crippen LogP contribution in [0.5, 0.6) is 0 Å². The molecule has 0 aliphatic carbocycles. The highest BCUT2D eigenvalue weighted by Crippen LogP contribution is 2.19. The number of esters is 1. The fraction of sp³-hybridized carbons (Fsp3) is 0.800. The van der Waals surface area contributed by atoms with E-state index in [-0.39, 0.29) is 18.3 Å². The van der Waals surface area contributed by atoms with E-state index in [9.17, 15) is 4.79 Å². The van der Waals surface area contributed by atoms with Gasteiger partial charge in [-0.15, -0.1) is 0 Å². The van der Waals surface area contributed by atoms with E-state index in [0.717, 1.165) is 6.04 Å². The van der Waals surface area contributed by atoms with Gasteiger partial charge in [0.05, 0.1) is 25.0 Å². The summed E-state index contributed by atoms with van der Waals surface area (Å²) in [5.41, 5.74) is 0. The van der Waals surface area contributed by atoms with E-state index >= 15 is 0 Å². The molecular formula is C10H19NO2Si. The maximum absolute atomic E-state index is 11.1. The third-order valence-electron chi connectivity index (χ3n) is 1.76. The molecule has 0 spiro atoms. The van der Waals surface area contributed by atoms with E-state index in [0.29, 0.717) is 6.61 Å². The lowest BCUT2D eigenvalue weighted by Gasteiger charge is -2.18. The molecule has 0 aromatic heterocycles. The fourth-order valence-electron chi connectivity index (χ4n) is 1.32. The summed E-state index contributed by atoms with van der Waals surface area (Å²) in [6, 6.07) is 3.05. The van der Waals surface area contributed by atoms with Crippen LogP contribution >= 0.6 is 0 Å². The number of hydrogen-bond acceptors (Lipinski definition) is 3. The monoisotopic (exact) mass is 213 g/mol. The van der Waals surface area contributed by atoms with Crippen molar-refractivity contribution >= 4 is 14.0 Å². The number of carbonyl (C=O) groups is 1. The minimum Gasteiger partial charge on any atom is -0.466 e. The van der Waals surface area contributed by atoms with Gasteiger partial charge < -0.3 is 4.74 Å². The van der Waals surface area contributed by atoms with Crippen molar-refractivity contribution in [3.63, 3.8) is 0 Å². The Labute approximate surface area is 87.1 Å². The first-order valence-electron chi connectivity index (χ1n) is 4.94. The Morgan fingerprint density at radius 1 is 1.50 bits per heavy atom. The minimum absolute atomic E-state index is 0.166. The quantitative estimate of drug-likeness (QED) is 0.520. The predicted molar refractivity (Wildman–Crippen MR) is 58.5 cm³/mol. The maximum Gasteiger partial charge on any atom is 0.307 e. The summed E-state index contributed by atoms with van der Waals surface area (Å²) in [4.78, 5) is 11.1. The van der Waals surface area contributed by atoms with Crippen LogP contribution in [-0.4, -0.2) is 20.7 Å². The number of carbonyl (C=O) groups excluding carboxylic acids is 1. The first kappa shape index (κ1) is 13.2. The van der Waals surface area contributed by atoms with E-state index in [1.54, 1.807) is 6.92 Å². The molecule has 1 atom stereocenters. The van der Waals surface area contributed by atoms with E-state index in [4.69, 9.17) is 10.00 Å². The smallest absolute Gasteiger partial charge is 0.307 e. The molecule has 0 aromatic rings. The van der Waals surface area contributed by atoms with Gasteiger partial charge in [0.1, 0.15) is 0 Å². The molecule has 0 rings (SSSR count). The zero-order chi connectivity index (χ0) is 11.2. The molecular weight excluding hydrogens is 194 g/mol. The molecule has 0 fully saturated rings. The van der Waals surface area contributed by atoms with Crippen molar-refractivity contribution in [2.45, 2.75) is 39.0 Å². The van der Waals surface area contributed by atoms with Crippen LogP contribution in [0.1, 0.15) is 13.3 Å². The van der Waals surface area contributed by atoms with Crippen LogP contribution in [0.15, 0.2) is 0 Å². The van der Waals surface area contributed by atoms with Crippen molar-refractivity contribution in [1.82, 2.24) is 0 Å². The van der Waals surface area contributed by atoms with Crippen LogP contribution in [0.25, 0.3) is 0 Å². The molecule has 3 nitrogen and oxygen atoms in total. The first-order valence-corrected chi connectivity index (χ1v) is 8.65. The highest BCUT2D eigenvalue weighted by molar-refractivity contribution is 6.76. The first-order chi connectivity index (χ1) is 6.39. The summed E-state index contributed by atoms with van der Waals surface area (Å²) in [5.74, 6) is -0.419. The normalized spacial score (nSPS) is 13.1. The van der Waals surface area contributed by atoms with Crippen LogP contribution in [0, 0.1) is 17.2 Å². The van der Waals surface area contributed by atoms with E-state index in [1.165, 1.54) is 0 Å². The lowest BCUT2D eigenvalue weighted by atomic mass is 10.1. The van der Waals surface area contributed by atoms with Crippen LogP contribution in [-0.2, 0) is 9.53 Å². The average Bonchev–Trinajstić information content (AvgIpc) is 2.01. The second-order valence-corrected chi connectivity index (χ2v) is 10.1. The molecule has 14 heavy (non-hydrogen) atoms. The SMILES string of the molecule is CCOC(=O)CC(C#N)C[Si](C)(C)C. The lowest BCUT2D eigenvalue weighted by Crippen LogP contribution is -2.25. The highest BCUT2D eigenvalue weighted by atomic mass is 28.3. The molecule has 0 saturated heterocycles. The van der Waals surface area contributed by atoms with Gasteiger partial charge in [0.25, 0.3) is 0 Å². The summed E-state index contributed by atoms with van der Waals surface area (Å²) in [7, 11) is -1.26. The van der Waals surface area contributed by atoms with Crippen molar-refractivity contribution in [1.29, 1.82) is 5.26 Å². The number of rotatable bonds is 5. The predicted octanol–water partition coefficient (Wildman–Crippen LogP) is 2.42. The van der Waals surface area contributed by atoms with Crippen LogP contribution < -0.4 is 0 Å². The highest BCUT2D eigenvalue weighted by Gasteiger charge is 2.22. The molecule has 4 heteroatoms. The van der Waals surface area contributed by atoms with E-state index in [1.807, 2.05) is 0 Å². The van der Waals surface area contributed by atoms with Crippen LogP contribution in [0.2, 0.25) is 25.7 Å². The molecule has 0 aliphatic heterocycles. The van der Waals surface area contributed by atoms with Crippen LogP contribution in [0.3, 0.4) is 0 Å². The average molecular weight is 213 g/mol. The largest absolute Gasteiger partial charge is 0.466 e. The van der Waals surface area contributed by atoms with Gasteiger partial charge in [0, 0.05) is 8.07 Å². The molecule has 0 bridgehead atoms. The molecule has 0 heterocycles. The Balaban J connectivity index is 4.05. The van der Waals surface area contributed by atoms with Gasteiger partial charge in [-0.1, -0.05) is 19.6 Å². The van der Waals surface area contributed by atoms with Gasteiger partial charge in [0.2, 0.25) is 0 Å². The molecule has 0 saturated carbocycles. The summed E-state index contributed by atoms with van der Waals surface area (Å²) in [6.07, 6.45) is 0.245. The molecule has 80 valence electrons. The maximum atomic E-state index is 11.1. The number of ether oxygens (including phenoxy) is 1. The molecule has 1 unspecified atom stereocenters. The Bertz CT molecular complexity index is 227. The molecule has 0 N–H and O–H groups in total. The van der Waals surface area contributed by atoms with Gasteiger partial charge >= 0.3 is 5.97 Å². The van der Waals surface area contributed by atoms with Gasteiger partial charge in [-0.25, -0.2) is 0 Å². The number of nitrogens with zero attached hydrogens (tertiary/aromatic N) is 1. The molecule has 0 aromatic carbocycles. The third kappa shape index (κ3) is 6.67. The molecule has 0 amide bonds. The summed E-state index contributed by atoms with van der Waals surface area (Å²) in [5, 5.41) is 8.87. The summed E-state index contributed by atoms with van der Waals surface area (Å²) >= 11 is 0. The number of nitriles is 1. The summed E-state index contributed by atoms with van der Waals surface area (Å²) < 4.78 is 4.81. The minimum atomic E-state index is -1.26. The van der Waals surface area contributed by atoms with Gasteiger partial charge in [-0.2, -0.15) is 5.26 Å². The van der Waals surface area contributed by atoms with Crippen molar-refractivity contribution in [2.24, 2.45) is 5.92 Å². The second-order valence-electron chi connectivity index (χ2n) is 4.60. The van der Waals surface area contributed by atoms with E-state index in [2.05, 4.69) is 25.7 Å². The Hall–Kier alpha value is -0.823. The zero-order valence-corrected chi connectivity index (χ0v) is 10.5. The van der Waals surface area contributed by atoms with Crippen molar-refractivity contribution in [3.8, 4) is 6.07 Å². The summed E-state index contributed by atoms with van der Waals surface area (Å²) in [6.45, 7) is 8.76. The van der Waals surface area contributed by atoms with Crippen molar-refractivity contribution < 1.29 is 9.53 Å². The standard InChI is InChI=1S/C10H19NO2Si/c1-5-13-10(12)6-9(7-11)8-14(2,3)4/h9H,5-6,8H2,1-4H3. The van der Waals surface area contributed by atoms with E-state index < -0.39 is 8.07 Å². The Kier molecular flexibility index (Phi) is 5.47. The van der Waals surface area contributed by atoms with Crippen molar-refractivity contribution in [2.75, 3.05) is 6.61 Å². The molecule has 0 aliphatic rings. The van der Waals surface area contributed by atoms with Gasteiger partial charge in [0.15, 0.2) is 0 Å².